The highest BCUT2D eigenvalue weighted by atomic mass is 16.5. The lowest BCUT2D eigenvalue weighted by atomic mass is 10.1. The Labute approximate surface area is 75.8 Å². The van der Waals surface area contributed by atoms with E-state index in [4.69, 9.17) is 5.21 Å². The van der Waals surface area contributed by atoms with Crippen LogP contribution in [0.25, 0.3) is 0 Å². The Balaban J connectivity index is 2.33. The first-order valence-corrected chi connectivity index (χ1v) is 3.93. The molecule has 4 nitrogen and oxygen atoms in total. The van der Waals surface area contributed by atoms with Crippen LogP contribution in [0.4, 0.5) is 0 Å². The van der Waals surface area contributed by atoms with Gasteiger partial charge in [-0.15, -0.1) is 0 Å². The molecule has 0 bridgehead atoms. The summed E-state index contributed by atoms with van der Waals surface area (Å²) in [5.74, 6) is 0. The van der Waals surface area contributed by atoms with Crippen molar-refractivity contribution >= 4 is 0 Å². The minimum atomic E-state index is 0.832. The van der Waals surface area contributed by atoms with Gasteiger partial charge in [-0.2, -0.15) is 10.2 Å². The quantitative estimate of drug-likeness (QED) is 0.614. The third kappa shape index (κ3) is 1.57. The third-order valence-corrected chi connectivity index (χ3v) is 1.77. The molecule has 2 rings (SSSR count). The monoisotopic (exact) mass is 175 g/mol. The van der Waals surface area contributed by atoms with Gasteiger partial charge >= 0.3 is 0 Å². The van der Waals surface area contributed by atoms with E-state index in [0.29, 0.717) is 0 Å². The van der Waals surface area contributed by atoms with Crippen LogP contribution in [0.5, 0.6) is 0 Å². The van der Waals surface area contributed by atoms with Gasteiger partial charge in [-0.05, 0) is 25.2 Å². The summed E-state index contributed by atoms with van der Waals surface area (Å²) in [5.41, 5.74) is 2.68. The van der Waals surface area contributed by atoms with Crippen LogP contribution >= 0.6 is 0 Å². The fraction of sp³-hybridized carbons (Fsp3) is 0.111. The zero-order valence-electron chi connectivity index (χ0n) is 7.18. The van der Waals surface area contributed by atoms with Gasteiger partial charge in [0, 0.05) is 18.0 Å². The number of hydrogen-bond donors (Lipinski definition) is 1. The number of hydroxylamine groups is 2. The number of nitrogens with zero attached hydrogens (tertiary/aromatic N) is 3. The molecule has 0 unspecified atom stereocenters. The van der Waals surface area contributed by atoms with Crippen molar-refractivity contribution in [3.05, 3.63) is 47.6 Å². The number of azo groups is 1. The molecule has 0 saturated carbocycles. The summed E-state index contributed by atoms with van der Waals surface area (Å²) in [6.45, 7) is 1.89. The highest BCUT2D eigenvalue weighted by Crippen LogP contribution is 2.22. The SMILES string of the molecule is CC1=CC(=C2C=CN(O)C=C2)N=N1. The summed E-state index contributed by atoms with van der Waals surface area (Å²) in [6, 6.07) is 0. The van der Waals surface area contributed by atoms with Crippen molar-refractivity contribution in [2.75, 3.05) is 0 Å². The lowest BCUT2D eigenvalue weighted by Gasteiger charge is -2.09. The van der Waals surface area contributed by atoms with Crippen molar-refractivity contribution in [1.29, 1.82) is 0 Å². The van der Waals surface area contributed by atoms with Gasteiger partial charge in [0.25, 0.3) is 0 Å². The zero-order valence-corrected chi connectivity index (χ0v) is 7.18. The predicted octanol–water partition coefficient (Wildman–Crippen LogP) is 2.34. The topological polar surface area (TPSA) is 48.2 Å². The van der Waals surface area contributed by atoms with Gasteiger partial charge in [-0.25, -0.2) is 5.06 Å². The molecule has 0 atom stereocenters. The average molecular weight is 175 g/mol. The largest absolute Gasteiger partial charge is 0.285 e. The first-order chi connectivity index (χ1) is 6.25. The van der Waals surface area contributed by atoms with Crippen LogP contribution in [0.15, 0.2) is 57.8 Å². The Bertz CT molecular complexity index is 358. The summed E-state index contributed by atoms with van der Waals surface area (Å²) >= 11 is 0. The minimum absolute atomic E-state index is 0.832. The summed E-state index contributed by atoms with van der Waals surface area (Å²) < 4.78 is 0. The van der Waals surface area contributed by atoms with Crippen LogP contribution in [0.3, 0.4) is 0 Å². The first-order valence-electron chi connectivity index (χ1n) is 3.93. The molecule has 0 aromatic carbocycles. The summed E-state index contributed by atoms with van der Waals surface area (Å²) in [4.78, 5) is 0. The third-order valence-electron chi connectivity index (χ3n) is 1.77. The van der Waals surface area contributed by atoms with E-state index in [9.17, 15) is 0 Å². The molecule has 13 heavy (non-hydrogen) atoms. The van der Waals surface area contributed by atoms with E-state index in [-0.39, 0.29) is 0 Å². The van der Waals surface area contributed by atoms with Gasteiger partial charge in [0.2, 0.25) is 0 Å². The van der Waals surface area contributed by atoms with E-state index >= 15 is 0 Å². The molecule has 0 saturated heterocycles. The van der Waals surface area contributed by atoms with Crippen LogP contribution < -0.4 is 0 Å². The maximum absolute atomic E-state index is 8.99. The minimum Gasteiger partial charge on any atom is -0.285 e. The molecule has 1 N–H and O–H groups in total. The van der Waals surface area contributed by atoms with Crippen molar-refractivity contribution in [1.82, 2.24) is 5.06 Å². The standard InChI is InChI=1S/C9H9N3O/c1-7-6-9(11-10-7)8-2-4-12(13)5-3-8/h2-6,13H,1H3. The number of hydrogen-bond acceptors (Lipinski definition) is 4. The summed E-state index contributed by atoms with van der Waals surface area (Å²) in [6.07, 6.45) is 8.57. The molecule has 0 radical (unpaired) electrons. The van der Waals surface area contributed by atoms with Gasteiger partial charge < -0.3 is 0 Å². The molecule has 4 heteroatoms. The van der Waals surface area contributed by atoms with Gasteiger partial charge in [0.1, 0.15) is 0 Å². The lowest BCUT2D eigenvalue weighted by Crippen LogP contribution is -2.04. The van der Waals surface area contributed by atoms with Crippen molar-refractivity contribution in [2.45, 2.75) is 6.92 Å². The molecule has 2 heterocycles. The van der Waals surface area contributed by atoms with Crippen LogP contribution in [-0.4, -0.2) is 10.3 Å². The van der Waals surface area contributed by atoms with Crippen LogP contribution in [-0.2, 0) is 0 Å². The molecular formula is C9H9N3O. The van der Waals surface area contributed by atoms with Gasteiger partial charge in [-0.3, -0.25) is 5.21 Å². The highest BCUT2D eigenvalue weighted by molar-refractivity contribution is 5.43. The molecule has 2 aliphatic heterocycles. The Morgan fingerprint density at radius 3 is 2.46 bits per heavy atom. The predicted molar refractivity (Wildman–Crippen MR) is 47.5 cm³/mol. The smallest absolute Gasteiger partial charge is 0.0948 e. The average Bonchev–Trinajstić information content (AvgIpc) is 2.53. The Morgan fingerprint density at radius 2 is 1.92 bits per heavy atom. The van der Waals surface area contributed by atoms with E-state index in [0.717, 1.165) is 22.0 Å². The van der Waals surface area contributed by atoms with Crippen molar-refractivity contribution in [3.63, 3.8) is 0 Å². The molecule has 0 amide bonds. The van der Waals surface area contributed by atoms with Gasteiger partial charge in [-0.1, -0.05) is 0 Å². The zero-order chi connectivity index (χ0) is 9.26. The Kier molecular flexibility index (Phi) is 1.83. The maximum atomic E-state index is 8.99. The molecule has 0 aromatic heterocycles. The normalized spacial score (nSPS) is 20.2. The Hall–Kier alpha value is -1.68. The van der Waals surface area contributed by atoms with Crippen LogP contribution in [0.1, 0.15) is 6.92 Å². The van der Waals surface area contributed by atoms with Crippen LogP contribution in [0, 0.1) is 0 Å². The van der Waals surface area contributed by atoms with Crippen molar-refractivity contribution in [3.8, 4) is 0 Å². The van der Waals surface area contributed by atoms with E-state index < -0.39 is 0 Å². The van der Waals surface area contributed by atoms with Crippen LogP contribution in [0.2, 0.25) is 0 Å². The fourth-order valence-corrected chi connectivity index (χ4v) is 1.12. The number of allylic oxidation sites excluding steroid dienone is 5. The fourth-order valence-electron chi connectivity index (χ4n) is 1.12. The summed E-state index contributed by atoms with van der Waals surface area (Å²) in [5, 5.41) is 17.9. The van der Waals surface area contributed by atoms with E-state index in [1.54, 1.807) is 24.6 Å². The number of rotatable bonds is 0. The second-order valence-electron chi connectivity index (χ2n) is 2.84. The van der Waals surface area contributed by atoms with Crippen molar-refractivity contribution < 1.29 is 5.21 Å². The van der Waals surface area contributed by atoms with Gasteiger partial charge in [0.05, 0.1) is 11.4 Å². The van der Waals surface area contributed by atoms with Crippen molar-refractivity contribution in [2.24, 2.45) is 10.2 Å². The van der Waals surface area contributed by atoms with E-state index in [1.165, 1.54) is 0 Å². The summed E-state index contributed by atoms with van der Waals surface area (Å²) in [7, 11) is 0. The molecule has 0 aromatic rings. The molecule has 2 aliphatic rings. The molecule has 0 fully saturated rings. The molecular weight excluding hydrogens is 166 g/mol. The first kappa shape index (κ1) is 7.94. The van der Waals surface area contributed by atoms with E-state index in [1.807, 2.05) is 13.0 Å². The highest BCUT2D eigenvalue weighted by Gasteiger charge is 2.07. The van der Waals surface area contributed by atoms with Gasteiger partial charge in [0.15, 0.2) is 0 Å². The lowest BCUT2D eigenvalue weighted by molar-refractivity contribution is 0.0105. The second kappa shape index (κ2) is 2.99. The molecule has 66 valence electrons. The second-order valence-corrected chi connectivity index (χ2v) is 2.84. The maximum Gasteiger partial charge on any atom is 0.0948 e. The Morgan fingerprint density at radius 1 is 1.23 bits per heavy atom. The molecule has 0 aliphatic carbocycles. The van der Waals surface area contributed by atoms with E-state index in [2.05, 4.69) is 10.2 Å². The molecule has 0 spiro atoms.